The molecular weight excluding hydrogens is 288 g/mol. The van der Waals surface area contributed by atoms with Crippen LogP contribution in [0, 0.1) is 0 Å². The van der Waals surface area contributed by atoms with Gasteiger partial charge in [0.25, 0.3) is 5.91 Å². The molecule has 5 heteroatoms. The maximum Gasteiger partial charge on any atom is 0.272 e. The van der Waals surface area contributed by atoms with E-state index in [4.69, 9.17) is 16.3 Å². The van der Waals surface area contributed by atoms with Crippen molar-refractivity contribution in [3.8, 4) is 5.75 Å². The molecular formula is C16H17ClN2O2. The monoisotopic (exact) mass is 304 g/mol. The van der Waals surface area contributed by atoms with E-state index in [0.717, 1.165) is 11.3 Å². The van der Waals surface area contributed by atoms with E-state index in [1.165, 1.54) is 0 Å². The standard InChI is InChI=1S/C16H17ClN2O2/c1-3-21-14-9-5-4-7-12(14)11-19(2)16(20)13-8-6-10-15(17)18-13/h4-10H,3,11H2,1-2H3. The van der Waals surface area contributed by atoms with Crippen LogP contribution in [0.5, 0.6) is 5.75 Å². The van der Waals surface area contributed by atoms with Gasteiger partial charge in [0.05, 0.1) is 6.61 Å². The molecule has 1 heterocycles. The molecule has 1 amide bonds. The molecule has 0 aliphatic heterocycles. The lowest BCUT2D eigenvalue weighted by Gasteiger charge is -2.19. The molecule has 110 valence electrons. The summed E-state index contributed by atoms with van der Waals surface area (Å²) < 4.78 is 5.57. The second-order valence-corrected chi connectivity index (χ2v) is 4.93. The fourth-order valence-corrected chi connectivity index (χ4v) is 2.14. The Hall–Kier alpha value is -2.07. The number of carbonyl (C=O) groups excluding carboxylic acids is 1. The molecule has 0 spiro atoms. The van der Waals surface area contributed by atoms with Crippen molar-refractivity contribution in [3.05, 3.63) is 58.9 Å². The smallest absolute Gasteiger partial charge is 0.272 e. The largest absolute Gasteiger partial charge is 0.494 e. The van der Waals surface area contributed by atoms with Crippen LogP contribution in [0.25, 0.3) is 0 Å². The number of aromatic nitrogens is 1. The Labute approximate surface area is 129 Å². The third-order valence-electron chi connectivity index (χ3n) is 2.96. The molecule has 4 nitrogen and oxygen atoms in total. The second-order valence-electron chi connectivity index (χ2n) is 4.55. The molecule has 0 radical (unpaired) electrons. The maximum absolute atomic E-state index is 12.3. The third-order valence-corrected chi connectivity index (χ3v) is 3.17. The zero-order chi connectivity index (χ0) is 15.2. The highest BCUT2D eigenvalue weighted by Crippen LogP contribution is 2.20. The number of nitrogens with zero attached hydrogens (tertiary/aromatic N) is 2. The Morgan fingerprint density at radius 1 is 1.24 bits per heavy atom. The number of benzene rings is 1. The lowest BCUT2D eigenvalue weighted by atomic mass is 10.2. The van der Waals surface area contributed by atoms with Crippen LogP contribution in [0.3, 0.4) is 0 Å². The summed E-state index contributed by atoms with van der Waals surface area (Å²) in [6.45, 7) is 2.97. The molecule has 1 aromatic heterocycles. The van der Waals surface area contributed by atoms with E-state index in [1.54, 1.807) is 30.1 Å². The maximum atomic E-state index is 12.3. The van der Waals surface area contributed by atoms with Gasteiger partial charge in [-0.25, -0.2) is 4.98 Å². The molecule has 0 fully saturated rings. The lowest BCUT2D eigenvalue weighted by molar-refractivity contribution is 0.0778. The van der Waals surface area contributed by atoms with Gasteiger partial charge in [0.2, 0.25) is 0 Å². The van der Waals surface area contributed by atoms with E-state index >= 15 is 0 Å². The number of rotatable bonds is 5. The van der Waals surface area contributed by atoms with Crippen LogP contribution >= 0.6 is 11.6 Å². The summed E-state index contributed by atoms with van der Waals surface area (Å²) >= 11 is 5.82. The molecule has 1 aromatic carbocycles. The summed E-state index contributed by atoms with van der Waals surface area (Å²) in [5.41, 5.74) is 1.29. The van der Waals surface area contributed by atoms with Crippen LogP contribution in [-0.4, -0.2) is 29.4 Å². The number of amides is 1. The highest BCUT2D eigenvalue weighted by atomic mass is 35.5. The highest BCUT2D eigenvalue weighted by Gasteiger charge is 2.15. The topological polar surface area (TPSA) is 42.4 Å². The first-order valence-electron chi connectivity index (χ1n) is 6.70. The number of halogens is 1. The number of ether oxygens (including phenoxy) is 1. The van der Waals surface area contributed by atoms with Gasteiger partial charge in [0.1, 0.15) is 16.6 Å². The first-order valence-corrected chi connectivity index (χ1v) is 7.08. The minimum atomic E-state index is -0.177. The number of carbonyl (C=O) groups is 1. The van der Waals surface area contributed by atoms with Crippen LogP contribution < -0.4 is 4.74 Å². The normalized spacial score (nSPS) is 10.2. The van der Waals surface area contributed by atoms with Crippen molar-refractivity contribution in [1.29, 1.82) is 0 Å². The Morgan fingerprint density at radius 2 is 2.00 bits per heavy atom. The van der Waals surface area contributed by atoms with Crippen LogP contribution in [0.15, 0.2) is 42.5 Å². The summed E-state index contributed by atoms with van der Waals surface area (Å²) in [7, 11) is 1.73. The first kappa shape index (κ1) is 15.3. The van der Waals surface area contributed by atoms with Gasteiger partial charge in [-0.2, -0.15) is 0 Å². The Bertz CT molecular complexity index is 631. The minimum absolute atomic E-state index is 0.177. The van der Waals surface area contributed by atoms with Crippen molar-refractivity contribution < 1.29 is 9.53 Å². The van der Waals surface area contributed by atoms with Gasteiger partial charge in [-0.05, 0) is 25.1 Å². The van der Waals surface area contributed by atoms with Crippen LogP contribution in [0.1, 0.15) is 23.0 Å². The van der Waals surface area contributed by atoms with Gasteiger partial charge in [-0.1, -0.05) is 35.9 Å². The summed E-state index contributed by atoms with van der Waals surface area (Å²) in [4.78, 5) is 18.0. The van der Waals surface area contributed by atoms with Crippen LogP contribution in [0.2, 0.25) is 5.15 Å². The molecule has 0 saturated carbocycles. The van der Waals surface area contributed by atoms with Crippen LogP contribution in [0.4, 0.5) is 0 Å². The fourth-order valence-electron chi connectivity index (χ4n) is 1.98. The van der Waals surface area contributed by atoms with Gasteiger partial charge >= 0.3 is 0 Å². The minimum Gasteiger partial charge on any atom is -0.494 e. The molecule has 2 rings (SSSR count). The molecule has 0 unspecified atom stereocenters. The second kappa shape index (κ2) is 7.09. The first-order chi connectivity index (χ1) is 10.1. The average molecular weight is 305 g/mol. The van der Waals surface area contributed by atoms with E-state index in [2.05, 4.69) is 4.98 Å². The molecule has 0 aliphatic rings. The van der Waals surface area contributed by atoms with E-state index in [9.17, 15) is 4.79 Å². The Balaban J connectivity index is 2.14. The average Bonchev–Trinajstić information content (AvgIpc) is 2.48. The predicted octanol–water partition coefficient (Wildman–Crippen LogP) is 3.41. The number of pyridine rings is 1. The molecule has 0 atom stereocenters. The van der Waals surface area contributed by atoms with Crippen LogP contribution in [-0.2, 0) is 6.54 Å². The molecule has 2 aromatic rings. The van der Waals surface area contributed by atoms with E-state index in [0.29, 0.717) is 24.0 Å². The van der Waals surface area contributed by atoms with E-state index in [-0.39, 0.29) is 5.91 Å². The Kier molecular flexibility index (Phi) is 5.17. The third kappa shape index (κ3) is 3.95. The number of para-hydroxylation sites is 1. The van der Waals surface area contributed by atoms with Crippen molar-refractivity contribution in [1.82, 2.24) is 9.88 Å². The highest BCUT2D eigenvalue weighted by molar-refractivity contribution is 6.29. The lowest BCUT2D eigenvalue weighted by Crippen LogP contribution is -2.27. The van der Waals surface area contributed by atoms with Gasteiger partial charge in [0.15, 0.2) is 0 Å². The van der Waals surface area contributed by atoms with Gasteiger partial charge < -0.3 is 9.64 Å². The molecule has 0 bridgehead atoms. The summed E-state index contributed by atoms with van der Waals surface area (Å²) in [6, 6.07) is 12.7. The summed E-state index contributed by atoms with van der Waals surface area (Å²) in [5.74, 6) is 0.613. The molecule has 0 N–H and O–H groups in total. The van der Waals surface area contributed by atoms with E-state index in [1.807, 2.05) is 31.2 Å². The zero-order valence-corrected chi connectivity index (χ0v) is 12.8. The molecule has 21 heavy (non-hydrogen) atoms. The van der Waals surface area contributed by atoms with Gasteiger partial charge in [0, 0.05) is 19.2 Å². The summed E-state index contributed by atoms with van der Waals surface area (Å²) in [6.07, 6.45) is 0. The number of hydrogen-bond donors (Lipinski definition) is 0. The molecule has 0 saturated heterocycles. The zero-order valence-electron chi connectivity index (χ0n) is 12.0. The Morgan fingerprint density at radius 3 is 2.71 bits per heavy atom. The SMILES string of the molecule is CCOc1ccccc1CN(C)C(=O)c1cccc(Cl)n1. The molecule has 0 aliphatic carbocycles. The quantitative estimate of drug-likeness (QED) is 0.795. The summed E-state index contributed by atoms with van der Waals surface area (Å²) in [5, 5.41) is 0.309. The van der Waals surface area contributed by atoms with Crippen molar-refractivity contribution >= 4 is 17.5 Å². The van der Waals surface area contributed by atoms with E-state index < -0.39 is 0 Å². The van der Waals surface area contributed by atoms with Crippen molar-refractivity contribution in [3.63, 3.8) is 0 Å². The van der Waals surface area contributed by atoms with Crippen molar-refractivity contribution in [2.24, 2.45) is 0 Å². The predicted molar refractivity (Wildman–Crippen MR) is 82.7 cm³/mol. The van der Waals surface area contributed by atoms with Crippen molar-refractivity contribution in [2.45, 2.75) is 13.5 Å². The van der Waals surface area contributed by atoms with Crippen molar-refractivity contribution in [2.75, 3.05) is 13.7 Å². The van der Waals surface area contributed by atoms with Gasteiger partial charge in [-0.15, -0.1) is 0 Å². The van der Waals surface area contributed by atoms with Gasteiger partial charge in [-0.3, -0.25) is 4.79 Å². The fraction of sp³-hybridized carbons (Fsp3) is 0.250. The number of hydrogen-bond acceptors (Lipinski definition) is 3.